The second-order valence-corrected chi connectivity index (χ2v) is 9.77. The number of cyclic esters (lactones) is 2. The van der Waals surface area contributed by atoms with Crippen molar-refractivity contribution in [3.8, 4) is 0 Å². The van der Waals surface area contributed by atoms with Gasteiger partial charge in [-0.15, -0.1) is 0 Å². The van der Waals surface area contributed by atoms with Gasteiger partial charge in [-0.3, -0.25) is 0 Å². The predicted octanol–water partition coefficient (Wildman–Crippen LogP) is -2.17. The van der Waals surface area contributed by atoms with E-state index >= 15 is 0 Å². The maximum Gasteiger partial charge on any atom is 1.00 e. The van der Waals surface area contributed by atoms with Gasteiger partial charge in [0.15, 0.2) is 0 Å². The normalized spacial score (nSPS) is 10.9. The van der Waals surface area contributed by atoms with Crippen molar-refractivity contribution in [2.24, 2.45) is 15.7 Å². The van der Waals surface area contributed by atoms with Crippen LogP contribution in [0.3, 0.4) is 0 Å². The largest absolute Gasteiger partial charge is 1.00 e. The Balaban J connectivity index is -0.000000484. The number of aliphatic hydroxyl groups is 2. The van der Waals surface area contributed by atoms with Crippen LogP contribution in [-0.2, 0) is 24.4 Å². The predicted molar refractivity (Wildman–Crippen MR) is 150 cm³/mol. The van der Waals surface area contributed by atoms with Crippen LogP contribution in [0.4, 0.5) is 0 Å². The SMILES string of the molecule is NCCNCCS(=O)(=O)[O-].O=C1OC(=O)c2ccccc21.O=C=NCCCCCCN=C=O.OCCCCCCO.[Na+]. The number of hydrogen-bond acceptors (Lipinski definition) is 14. The van der Waals surface area contributed by atoms with Crippen LogP contribution < -0.4 is 40.6 Å². The molecule has 0 saturated heterocycles. The molecule has 0 spiro atoms. The number of unbranched alkanes of at least 4 members (excludes halogenated alkanes) is 6. The van der Waals surface area contributed by atoms with Crippen LogP contribution in [0.5, 0.6) is 0 Å². The molecule has 0 fully saturated rings. The number of aliphatic hydroxyl groups excluding tert-OH is 2. The zero-order chi connectivity index (χ0) is 31.2. The van der Waals surface area contributed by atoms with Gasteiger partial charge in [0.1, 0.15) is 0 Å². The van der Waals surface area contributed by atoms with Gasteiger partial charge in [0.25, 0.3) is 0 Å². The number of fused-ring (bicyclic) bond motifs is 1. The molecule has 1 aromatic carbocycles. The van der Waals surface area contributed by atoms with Crippen molar-refractivity contribution in [2.45, 2.75) is 51.4 Å². The number of nitrogens with zero attached hydrogens (tertiary/aromatic N) is 2. The summed E-state index contributed by atoms with van der Waals surface area (Å²) in [7, 11) is -4.06. The van der Waals surface area contributed by atoms with Crippen LogP contribution >= 0.6 is 0 Å². The third kappa shape index (κ3) is 29.4. The second-order valence-electron chi connectivity index (χ2n) is 8.24. The average molecular weight is 625 g/mol. The molecule has 0 unspecified atom stereocenters. The molecule has 42 heavy (non-hydrogen) atoms. The molecular formula is C26H41N4NaO10S. The van der Waals surface area contributed by atoms with Gasteiger partial charge in [-0.1, -0.05) is 37.8 Å². The van der Waals surface area contributed by atoms with E-state index in [1.807, 2.05) is 0 Å². The first kappa shape index (κ1) is 44.3. The Labute approximate surface area is 269 Å². The van der Waals surface area contributed by atoms with E-state index in [2.05, 4.69) is 20.0 Å². The third-order valence-electron chi connectivity index (χ3n) is 4.89. The van der Waals surface area contributed by atoms with E-state index in [1.54, 1.807) is 24.3 Å². The smallest absolute Gasteiger partial charge is 0.748 e. The summed E-state index contributed by atoms with van der Waals surface area (Å²) >= 11 is 0. The van der Waals surface area contributed by atoms with Gasteiger partial charge < -0.3 is 30.6 Å². The van der Waals surface area contributed by atoms with Gasteiger partial charge in [-0.25, -0.2) is 37.6 Å². The molecule has 1 aliphatic rings. The minimum Gasteiger partial charge on any atom is -0.748 e. The average Bonchev–Trinajstić information content (AvgIpc) is 3.24. The number of carbonyl (C=O) groups is 2. The first-order chi connectivity index (χ1) is 19.7. The first-order valence-corrected chi connectivity index (χ1v) is 14.7. The molecule has 1 aliphatic heterocycles. The Kier molecular flexibility index (Phi) is 33.5. The van der Waals surface area contributed by atoms with E-state index < -0.39 is 22.1 Å². The molecule has 16 heteroatoms. The number of ether oxygens (including phenoxy) is 1. The number of esters is 2. The Morgan fingerprint density at radius 3 is 1.60 bits per heavy atom. The first-order valence-electron chi connectivity index (χ1n) is 13.2. The number of hydrogen-bond donors (Lipinski definition) is 4. The fourth-order valence-corrected chi connectivity index (χ4v) is 3.26. The summed E-state index contributed by atoms with van der Waals surface area (Å²) in [6.07, 6.45) is 10.6. The molecule has 0 aromatic heterocycles. The van der Waals surface area contributed by atoms with Gasteiger partial charge in [0.2, 0.25) is 12.2 Å². The van der Waals surface area contributed by atoms with Gasteiger partial charge in [0.05, 0.1) is 40.1 Å². The fraction of sp³-hybridized carbons (Fsp3) is 0.615. The van der Waals surface area contributed by atoms with Crippen molar-refractivity contribution in [3.05, 3.63) is 35.4 Å². The van der Waals surface area contributed by atoms with Crippen LogP contribution in [0.2, 0.25) is 0 Å². The van der Waals surface area contributed by atoms with Gasteiger partial charge in [-0.05, 0) is 37.8 Å². The second kappa shape index (κ2) is 31.8. The number of nitrogens with one attached hydrogen (secondary N) is 1. The maximum atomic E-state index is 10.8. The Morgan fingerprint density at radius 1 is 0.810 bits per heavy atom. The van der Waals surface area contributed by atoms with Crippen LogP contribution in [0.25, 0.3) is 0 Å². The zero-order valence-electron chi connectivity index (χ0n) is 24.2. The molecule has 0 bridgehead atoms. The minimum absolute atomic E-state index is 0. The van der Waals surface area contributed by atoms with Crippen molar-refractivity contribution in [1.29, 1.82) is 0 Å². The fourth-order valence-electron chi connectivity index (χ4n) is 2.86. The molecule has 5 N–H and O–H groups in total. The number of benzene rings is 1. The van der Waals surface area contributed by atoms with Crippen molar-refractivity contribution in [1.82, 2.24) is 5.32 Å². The van der Waals surface area contributed by atoms with Gasteiger partial charge >= 0.3 is 41.5 Å². The molecule has 0 atom stereocenters. The number of isocyanates is 2. The molecule has 0 aliphatic carbocycles. The monoisotopic (exact) mass is 624 g/mol. The zero-order valence-corrected chi connectivity index (χ0v) is 27.0. The molecule has 14 nitrogen and oxygen atoms in total. The maximum absolute atomic E-state index is 10.8. The number of aliphatic imine (C=N–C) groups is 2. The van der Waals surface area contributed by atoms with E-state index in [-0.39, 0.29) is 55.1 Å². The molecule has 232 valence electrons. The summed E-state index contributed by atoms with van der Waals surface area (Å²) in [6.45, 7) is 2.84. The van der Waals surface area contributed by atoms with E-state index in [1.165, 1.54) is 12.2 Å². The number of nitrogens with two attached hydrogens (primary N) is 1. The summed E-state index contributed by atoms with van der Waals surface area (Å²) in [5, 5.41) is 19.3. The summed E-state index contributed by atoms with van der Waals surface area (Å²) < 4.78 is 34.3. The Morgan fingerprint density at radius 2 is 1.24 bits per heavy atom. The van der Waals surface area contributed by atoms with E-state index in [4.69, 9.17) is 15.9 Å². The minimum atomic E-state index is -4.06. The van der Waals surface area contributed by atoms with E-state index in [0.29, 0.717) is 37.3 Å². The summed E-state index contributed by atoms with van der Waals surface area (Å²) in [5.74, 6) is -1.47. The van der Waals surface area contributed by atoms with Crippen LogP contribution in [-0.4, -0.2) is 99.0 Å². The topological polar surface area (TPSA) is 238 Å². The molecular weight excluding hydrogens is 583 g/mol. The van der Waals surface area contributed by atoms with E-state index in [0.717, 1.165) is 51.4 Å². The molecule has 1 aromatic rings. The molecule has 2 rings (SSSR count). The molecule has 1 heterocycles. The van der Waals surface area contributed by atoms with Gasteiger partial charge in [-0.2, -0.15) is 0 Å². The Hall–Kier alpha value is -2.13. The summed E-state index contributed by atoms with van der Waals surface area (Å²) in [4.78, 5) is 47.8. The van der Waals surface area contributed by atoms with Crippen molar-refractivity contribution >= 4 is 34.2 Å². The molecule has 0 saturated carbocycles. The summed E-state index contributed by atoms with van der Waals surface area (Å²) in [5.41, 5.74) is 5.81. The van der Waals surface area contributed by atoms with Crippen molar-refractivity contribution in [2.75, 3.05) is 51.7 Å². The number of rotatable bonds is 17. The van der Waals surface area contributed by atoms with Crippen molar-refractivity contribution < 1.29 is 76.7 Å². The van der Waals surface area contributed by atoms with Crippen LogP contribution in [0.15, 0.2) is 34.3 Å². The third-order valence-corrected chi connectivity index (χ3v) is 5.59. The molecule has 0 amide bonds. The Bertz CT molecular complexity index is 986. The quantitative estimate of drug-likeness (QED) is 0.0276. The molecule has 0 radical (unpaired) electrons. The van der Waals surface area contributed by atoms with Crippen molar-refractivity contribution in [3.63, 3.8) is 0 Å². The van der Waals surface area contributed by atoms with E-state index in [9.17, 15) is 32.1 Å². The van der Waals surface area contributed by atoms with Crippen LogP contribution in [0, 0.1) is 0 Å². The summed E-state index contributed by atoms with van der Waals surface area (Å²) in [6, 6.07) is 6.53. The van der Waals surface area contributed by atoms with Gasteiger partial charge in [0, 0.05) is 32.8 Å². The number of carbonyl (C=O) groups excluding carboxylic acids is 4. The van der Waals surface area contributed by atoms with Crippen LogP contribution in [0.1, 0.15) is 72.1 Å². The standard InChI is InChI=1S/C8H12N2O2.C8H4O3.C6H14O2.C4H12N2O3S.Na/c11-7-9-5-3-1-2-4-6-10-8-12;9-7-5-3-1-2-4-6(5)8(10)11-7;7-5-3-1-2-4-6-8;5-1-2-6-3-4-10(7,8)9;/h1-6H2;1-4H;7-8H,1-6H2;6H,1-5H2,(H,7,8,9);/q;;;;+1/p-1.